The number of hydrogen-bond donors (Lipinski definition) is 0. The maximum Gasteiger partial charge on any atom is 0.161 e. The molecule has 0 radical (unpaired) electrons. The molecule has 0 aliphatic heterocycles. The molecule has 106 valence electrons. The van der Waals surface area contributed by atoms with Crippen LogP contribution in [0.15, 0.2) is 22.7 Å². The molecule has 0 bridgehead atoms. The van der Waals surface area contributed by atoms with Gasteiger partial charge in [0.05, 0.1) is 0 Å². The van der Waals surface area contributed by atoms with Crippen molar-refractivity contribution in [3.05, 3.63) is 28.2 Å². The highest BCUT2D eigenvalue weighted by Gasteiger charge is 2.14. The van der Waals surface area contributed by atoms with E-state index in [-0.39, 0.29) is 5.78 Å². The van der Waals surface area contributed by atoms with Crippen molar-refractivity contribution in [3.8, 4) is 0 Å². The first kappa shape index (κ1) is 16.2. The van der Waals surface area contributed by atoms with Crippen molar-refractivity contribution < 1.29 is 4.79 Å². The van der Waals surface area contributed by atoms with Crippen molar-refractivity contribution in [1.82, 2.24) is 0 Å². The van der Waals surface area contributed by atoms with Crippen LogP contribution >= 0.6 is 15.9 Å². The van der Waals surface area contributed by atoms with Gasteiger partial charge in [-0.1, -0.05) is 42.6 Å². The molecule has 0 N–H and O–H groups in total. The number of ketones is 1. The van der Waals surface area contributed by atoms with E-state index < -0.39 is 0 Å². The van der Waals surface area contributed by atoms with E-state index in [0.717, 1.165) is 41.7 Å². The smallest absolute Gasteiger partial charge is 0.161 e. The Morgan fingerprint density at radius 2 is 1.74 bits per heavy atom. The van der Waals surface area contributed by atoms with Crippen LogP contribution in [0.3, 0.4) is 0 Å². The maximum absolute atomic E-state index is 11.8. The minimum Gasteiger partial charge on any atom is -0.371 e. The Hall–Kier alpha value is -0.830. The lowest BCUT2D eigenvalue weighted by atomic mass is 10.1. The van der Waals surface area contributed by atoms with Gasteiger partial charge in [-0.3, -0.25) is 4.79 Å². The van der Waals surface area contributed by atoms with Crippen molar-refractivity contribution in [2.24, 2.45) is 0 Å². The Morgan fingerprint density at radius 3 is 2.21 bits per heavy atom. The van der Waals surface area contributed by atoms with E-state index in [1.807, 2.05) is 12.1 Å². The van der Waals surface area contributed by atoms with Gasteiger partial charge in [0.15, 0.2) is 5.78 Å². The standard InChI is InChI=1S/C16H24BrNO/c1-4-6-10-18(11-7-5-2)16-9-8-14(17)12-15(16)13(3)19/h8-9,12H,4-7,10-11H2,1-3H3. The van der Waals surface area contributed by atoms with E-state index in [2.05, 4.69) is 40.7 Å². The molecule has 0 amide bonds. The molecule has 0 spiro atoms. The van der Waals surface area contributed by atoms with Gasteiger partial charge in [-0.2, -0.15) is 0 Å². The first-order valence-corrected chi connectivity index (χ1v) is 7.94. The van der Waals surface area contributed by atoms with Gasteiger partial charge in [0.2, 0.25) is 0 Å². The van der Waals surface area contributed by atoms with Crippen molar-refractivity contribution in [2.75, 3.05) is 18.0 Å². The van der Waals surface area contributed by atoms with Crippen LogP contribution in [0.5, 0.6) is 0 Å². The fraction of sp³-hybridized carbons (Fsp3) is 0.562. The fourth-order valence-corrected chi connectivity index (χ4v) is 2.48. The normalized spacial score (nSPS) is 10.5. The van der Waals surface area contributed by atoms with Gasteiger partial charge in [-0.25, -0.2) is 0 Å². The van der Waals surface area contributed by atoms with Crippen LogP contribution in [0, 0.1) is 0 Å². The maximum atomic E-state index is 11.8. The summed E-state index contributed by atoms with van der Waals surface area (Å²) >= 11 is 3.45. The fourth-order valence-electron chi connectivity index (χ4n) is 2.12. The zero-order valence-corrected chi connectivity index (χ0v) is 13.8. The van der Waals surface area contributed by atoms with Crippen LogP contribution < -0.4 is 4.90 Å². The topological polar surface area (TPSA) is 20.3 Å². The highest BCUT2D eigenvalue weighted by atomic mass is 79.9. The number of unbranched alkanes of at least 4 members (excludes halogenated alkanes) is 2. The van der Waals surface area contributed by atoms with Gasteiger partial charge in [0, 0.05) is 28.8 Å². The molecule has 0 aromatic heterocycles. The minimum absolute atomic E-state index is 0.134. The Morgan fingerprint density at radius 1 is 1.16 bits per heavy atom. The molecule has 0 fully saturated rings. The zero-order chi connectivity index (χ0) is 14.3. The van der Waals surface area contributed by atoms with Crippen molar-refractivity contribution in [3.63, 3.8) is 0 Å². The van der Waals surface area contributed by atoms with E-state index in [1.54, 1.807) is 6.92 Å². The third kappa shape index (κ3) is 4.98. The SMILES string of the molecule is CCCCN(CCCC)c1ccc(Br)cc1C(C)=O. The number of halogens is 1. The molecule has 0 saturated heterocycles. The molecular formula is C16H24BrNO. The highest BCUT2D eigenvalue weighted by Crippen LogP contribution is 2.26. The molecule has 0 unspecified atom stereocenters. The van der Waals surface area contributed by atoms with Gasteiger partial charge >= 0.3 is 0 Å². The monoisotopic (exact) mass is 325 g/mol. The number of carbonyl (C=O) groups excluding carboxylic acids is 1. The molecule has 0 aliphatic carbocycles. The summed E-state index contributed by atoms with van der Waals surface area (Å²) in [6.07, 6.45) is 4.68. The molecule has 1 aromatic carbocycles. The summed E-state index contributed by atoms with van der Waals surface area (Å²) in [6, 6.07) is 6.02. The third-order valence-corrected chi connectivity index (χ3v) is 3.74. The second-order valence-corrected chi connectivity index (χ2v) is 5.83. The van der Waals surface area contributed by atoms with Crippen LogP contribution in [0.4, 0.5) is 5.69 Å². The molecule has 1 rings (SSSR count). The van der Waals surface area contributed by atoms with E-state index >= 15 is 0 Å². The molecule has 0 atom stereocenters. The van der Waals surface area contributed by atoms with Gasteiger partial charge in [-0.05, 0) is 38.0 Å². The lowest BCUT2D eigenvalue weighted by molar-refractivity contribution is 0.101. The second-order valence-electron chi connectivity index (χ2n) is 4.91. The lowest BCUT2D eigenvalue weighted by Crippen LogP contribution is -2.27. The molecule has 0 heterocycles. The van der Waals surface area contributed by atoms with Crippen LogP contribution in [0.1, 0.15) is 56.8 Å². The lowest BCUT2D eigenvalue weighted by Gasteiger charge is -2.26. The first-order valence-electron chi connectivity index (χ1n) is 7.15. The molecule has 0 aliphatic rings. The summed E-state index contributed by atoms with van der Waals surface area (Å²) < 4.78 is 0.965. The summed E-state index contributed by atoms with van der Waals surface area (Å²) in [5.74, 6) is 0.134. The molecular weight excluding hydrogens is 302 g/mol. The quantitative estimate of drug-likeness (QED) is 0.623. The van der Waals surface area contributed by atoms with Gasteiger partial charge in [0.1, 0.15) is 0 Å². The second kappa shape index (κ2) is 8.36. The number of nitrogens with zero attached hydrogens (tertiary/aromatic N) is 1. The molecule has 1 aromatic rings. The van der Waals surface area contributed by atoms with Gasteiger partial charge in [-0.15, -0.1) is 0 Å². The van der Waals surface area contributed by atoms with Gasteiger partial charge < -0.3 is 4.90 Å². The van der Waals surface area contributed by atoms with E-state index in [9.17, 15) is 4.79 Å². The predicted molar refractivity (Wildman–Crippen MR) is 86.2 cm³/mol. The number of rotatable bonds is 8. The molecule has 19 heavy (non-hydrogen) atoms. The summed E-state index contributed by atoms with van der Waals surface area (Å²) in [4.78, 5) is 14.2. The Labute approximate surface area is 125 Å². The number of hydrogen-bond acceptors (Lipinski definition) is 2. The van der Waals surface area contributed by atoms with Crippen molar-refractivity contribution in [2.45, 2.75) is 46.5 Å². The van der Waals surface area contributed by atoms with Crippen LogP contribution in [0.2, 0.25) is 0 Å². The predicted octanol–water partition coefficient (Wildman–Crippen LogP) is 5.06. The largest absolute Gasteiger partial charge is 0.371 e. The third-order valence-electron chi connectivity index (χ3n) is 3.24. The van der Waals surface area contributed by atoms with Crippen LogP contribution in [-0.4, -0.2) is 18.9 Å². The van der Waals surface area contributed by atoms with Crippen molar-refractivity contribution in [1.29, 1.82) is 0 Å². The number of Topliss-reactive ketones (excluding diaryl/α,β-unsaturated/α-hetero) is 1. The minimum atomic E-state index is 0.134. The Balaban J connectivity index is 3.02. The average Bonchev–Trinajstić information content (AvgIpc) is 2.39. The summed E-state index contributed by atoms with van der Waals surface area (Å²) in [5, 5.41) is 0. The molecule has 3 heteroatoms. The van der Waals surface area contributed by atoms with Crippen LogP contribution in [-0.2, 0) is 0 Å². The Kier molecular flexibility index (Phi) is 7.14. The average molecular weight is 326 g/mol. The number of anilines is 1. The summed E-state index contributed by atoms with van der Waals surface area (Å²) in [5.41, 5.74) is 1.90. The summed E-state index contributed by atoms with van der Waals surface area (Å²) in [7, 11) is 0. The number of carbonyl (C=O) groups is 1. The Bertz CT molecular complexity index is 409. The zero-order valence-electron chi connectivity index (χ0n) is 12.2. The molecule has 0 saturated carbocycles. The highest BCUT2D eigenvalue weighted by molar-refractivity contribution is 9.10. The summed E-state index contributed by atoms with van der Waals surface area (Å²) in [6.45, 7) is 8.09. The van der Waals surface area contributed by atoms with Crippen molar-refractivity contribution >= 4 is 27.4 Å². The van der Waals surface area contributed by atoms with Crippen LogP contribution in [0.25, 0.3) is 0 Å². The van der Waals surface area contributed by atoms with Gasteiger partial charge in [0.25, 0.3) is 0 Å². The van der Waals surface area contributed by atoms with E-state index in [0.29, 0.717) is 0 Å². The first-order chi connectivity index (χ1) is 9.10. The van der Waals surface area contributed by atoms with E-state index in [1.165, 1.54) is 12.8 Å². The van der Waals surface area contributed by atoms with E-state index in [4.69, 9.17) is 0 Å². The number of benzene rings is 1. The molecule has 2 nitrogen and oxygen atoms in total.